The molecule has 0 aromatic heterocycles. The van der Waals surface area contributed by atoms with Crippen LogP contribution in [0.2, 0.25) is 0 Å². The van der Waals surface area contributed by atoms with E-state index in [0.717, 1.165) is 12.4 Å². The Morgan fingerprint density at radius 3 is 2.73 bits per heavy atom. The standard InChI is InChI=1S/C13H17FO/c1-10-8-12(6-7-13(10)14)15-9-11-4-2-3-5-11/h6-8,11H,2-5,9H2,1H3. The van der Waals surface area contributed by atoms with E-state index in [9.17, 15) is 4.39 Å². The van der Waals surface area contributed by atoms with Crippen LogP contribution in [-0.2, 0) is 0 Å². The van der Waals surface area contributed by atoms with Gasteiger partial charge in [-0.05, 0) is 49.4 Å². The molecule has 1 aromatic carbocycles. The molecule has 82 valence electrons. The van der Waals surface area contributed by atoms with Gasteiger partial charge in [0.05, 0.1) is 6.61 Å². The number of hydrogen-bond acceptors (Lipinski definition) is 1. The van der Waals surface area contributed by atoms with Crippen molar-refractivity contribution in [3.05, 3.63) is 29.6 Å². The molecule has 2 rings (SSSR count). The van der Waals surface area contributed by atoms with Crippen LogP contribution in [0.5, 0.6) is 5.75 Å². The molecular formula is C13H17FO. The van der Waals surface area contributed by atoms with E-state index < -0.39 is 0 Å². The first-order valence-electron chi connectivity index (χ1n) is 5.64. The fourth-order valence-electron chi connectivity index (χ4n) is 2.10. The van der Waals surface area contributed by atoms with Gasteiger partial charge in [0, 0.05) is 0 Å². The van der Waals surface area contributed by atoms with Gasteiger partial charge in [-0.2, -0.15) is 0 Å². The van der Waals surface area contributed by atoms with Gasteiger partial charge in [0.25, 0.3) is 0 Å². The molecule has 0 bridgehead atoms. The van der Waals surface area contributed by atoms with Gasteiger partial charge in [-0.3, -0.25) is 0 Å². The Hall–Kier alpha value is -1.05. The summed E-state index contributed by atoms with van der Waals surface area (Å²) in [5.41, 5.74) is 0.652. The monoisotopic (exact) mass is 208 g/mol. The first-order valence-corrected chi connectivity index (χ1v) is 5.64. The summed E-state index contributed by atoms with van der Waals surface area (Å²) in [5, 5.41) is 0. The maximum absolute atomic E-state index is 13.0. The summed E-state index contributed by atoms with van der Waals surface area (Å²) in [6.07, 6.45) is 5.22. The van der Waals surface area contributed by atoms with Crippen molar-refractivity contribution in [2.45, 2.75) is 32.6 Å². The Kier molecular flexibility index (Phi) is 3.24. The largest absolute Gasteiger partial charge is 0.493 e. The number of ether oxygens (including phenoxy) is 1. The smallest absolute Gasteiger partial charge is 0.126 e. The zero-order valence-electron chi connectivity index (χ0n) is 9.13. The molecule has 0 saturated heterocycles. The Morgan fingerprint density at radius 1 is 1.33 bits per heavy atom. The lowest BCUT2D eigenvalue weighted by Gasteiger charge is -2.11. The summed E-state index contributed by atoms with van der Waals surface area (Å²) >= 11 is 0. The maximum Gasteiger partial charge on any atom is 0.126 e. The topological polar surface area (TPSA) is 9.23 Å². The van der Waals surface area contributed by atoms with Crippen LogP contribution in [0, 0.1) is 18.7 Å². The van der Waals surface area contributed by atoms with E-state index in [1.807, 2.05) is 0 Å². The Balaban J connectivity index is 1.90. The molecule has 0 spiro atoms. The number of aryl methyl sites for hydroxylation is 1. The zero-order chi connectivity index (χ0) is 10.7. The highest BCUT2D eigenvalue weighted by atomic mass is 19.1. The lowest BCUT2D eigenvalue weighted by molar-refractivity contribution is 0.251. The van der Waals surface area contributed by atoms with Gasteiger partial charge in [0.15, 0.2) is 0 Å². The van der Waals surface area contributed by atoms with Gasteiger partial charge >= 0.3 is 0 Å². The molecule has 2 heteroatoms. The second-order valence-electron chi connectivity index (χ2n) is 4.37. The quantitative estimate of drug-likeness (QED) is 0.736. The van der Waals surface area contributed by atoms with Crippen molar-refractivity contribution >= 4 is 0 Å². The van der Waals surface area contributed by atoms with E-state index in [1.54, 1.807) is 19.1 Å². The summed E-state index contributed by atoms with van der Waals surface area (Å²) in [7, 11) is 0. The normalized spacial score (nSPS) is 16.9. The van der Waals surface area contributed by atoms with Crippen molar-refractivity contribution in [1.82, 2.24) is 0 Å². The average molecular weight is 208 g/mol. The van der Waals surface area contributed by atoms with Gasteiger partial charge in [0.2, 0.25) is 0 Å². The van der Waals surface area contributed by atoms with Crippen molar-refractivity contribution in [1.29, 1.82) is 0 Å². The van der Waals surface area contributed by atoms with Gasteiger partial charge in [-0.1, -0.05) is 12.8 Å². The number of rotatable bonds is 3. The fraction of sp³-hybridized carbons (Fsp3) is 0.538. The van der Waals surface area contributed by atoms with Crippen LogP contribution in [0.15, 0.2) is 18.2 Å². The SMILES string of the molecule is Cc1cc(OCC2CCCC2)ccc1F. The Labute approximate surface area is 90.3 Å². The number of hydrogen-bond donors (Lipinski definition) is 0. The predicted molar refractivity (Wildman–Crippen MR) is 58.6 cm³/mol. The molecule has 0 radical (unpaired) electrons. The third-order valence-electron chi connectivity index (χ3n) is 3.09. The van der Waals surface area contributed by atoms with Crippen LogP contribution < -0.4 is 4.74 Å². The molecule has 0 unspecified atom stereocenters. The number of benzene rings is 1. The van der Waals surface area contributed by atoms with Crippen molar-refractivity contribution in [2.24, 2.45) is 5.92 Å². The minimum atomic E-state index is -0.164. The maximum atomic E-state index is 13.0. The van der Waals surface area contributed by atoms with Crippen LogP contribution in [0.3, 0.4) is 0 Å². The van der Waals surface area contributed by atoms with Crippen molar-refractivity contribution < 1.29 is 9.13 Å². The van der Waals surface area contributed by atoms with E-state index in [1.165, 1.54) is 31.7 Å². The predicted octanol–water partition coefficient (Wildman–Crippen LogP) is 3.70. The first-order chi connectivity index (χ1) is 7.25. The summed E-state index contributed by atoms with van der Waals surface area (Å²) in [4.78, 5) is 0. The van der Waals surface area contributed by atoms with E-state index in [4.69, 9.17) is 4.74 Å². The summed E-state index contributed by atoms with van der Waals surface area (Å²) in [6.45, 7) is 2.54. The minimum absolute atomic E-state index is 0.164. The molecule has 1 nitrogen and oxygen atoms in total. The lowest BCUT2D eigenvalue weighted by atomic mass is 10.1. The molecule has 1 aliphatic rings. The van der Waals surface area contributed by atoms with Crippen molar-refractivity contribution in [3.63, 3.8) is 0 Å². The molecule has 0 amide bonds. The molecule has 1 fully saturated rings. The molecule has 0 heterocycles. The van der Waals surface area contributed by atoms with E-state index >= 15 is 0 Å². The second kappa shape index (κ2) is 4.65. The molecule has 1 aromatic rings. The van der Waals surface area contributed by atoms with Crippen molar-refractivity contribution in [2.75, 3.05) is 6.61 Å². The molecule has 1 aliphatic carbocycles. The van der Waals surface area contributed by atoms with Crippen LogP contribution in [0.25, 0.3) is 0 Å². The van der Waals surface area contributed by atoms with Gasteiger partial charge < -0.3 is 4.74 Å². The minimum Gasteiger partial charge on any atom is -0.493 e. The highest BCUT2D eigenvalue weighted by Crippen LogP contribution is 2.26. The molecule has 1 saturated carbocycles. The van der Waals surface area contributed by atoms with E-state index in [-0.39, 0.29) is 5.82 Å². The van der Waals surface area contributed by atoms with Gasteiger partial charge in [0.1, 0.15) is 11.6 Å². The summed E-state index contributed by atoms with van der Waals surface area (Å²) < 4.78 is 18.6. The molecule has 0 aliphatic heterocycles. The van der Waals surface area contributed by atoms with Crippen LogP contribution >= 0.6 is 0 Å². The van der Waals surface area contributed by atoms with Gasteiger partial charge in [-0.15, -0.1) is 0 Å². The highest BCUT2D eigenvalue weighted by Gasteiger charge is 2.15. The molecule has 15 heavy (non-hydrogen) atoms. The molecule has 0 N–H and O–H groups in total. The number of halogens is 1. The first kappa shape index (κ1) is 10.5. The third kappa shape index (κ3) is 2.71. The zero-order valence-corrected chi connectivity index (χ0v) is 9.13. The van der Waals surface area contributed by atoms with Crippen LogP contribution in [-0.4, -0.2) is 6.61 Å². The van der Waals surface area contributed by atoms with Crippen LogP contribution in [0.4, 0.5) is 4.39 Å². The van der Waals surface area contributed by atoms with E-state index in [0.29, 0.717) is 11.5 Å². The Bertz CT molecular complexity index is 329. The summed E-state index contributed by atoms with van der Waals surface area (Å²) in [6, 6.07) is 4.95. The molecular weight excluding hydrogens is 191 g/mol. The van der Waals surface area contributed by atoms with Crippen LogP contribution in [0.1, 0.15) is 31.2 Å². The Morgan fingerprint density at radius 2 is 2.07 bits per heavy atom. The summed E-state index contributed by atoms with van der Waals surface area (Å²) in [5.74, 6) is 1.33. The second-order valence-corrected chi connectivity index (χ2v) is 4.37. The van der Waals surface area contributed by atoms with E-state index in [2.05, 4.69) is 0 Å². The van der Waals surface area contributed by atoms with Crippen molar-refractivity contribution in [3.8, 4) is 5.75 Å². The van der Waals surface area contributed by atoms with Gasteiger partial charge in [-0.25, -0.2) is 4.39 Å². The fourth-order valence-corrected chi connectivity index (χ4v) is 2.10. The average Bonchev–Trinajstić information content (AvgIpc) is 2.73. The highest BCUT2D eigenvalue weighted by molar-refractivity contribution is 5.28. The lowest BCUT2D eigenvalue weighted by Crippen LogP contribution is -2.08. The third-order valence-corrected chi connectivity index (χ3v) is 3.09. The molecule has 0 atom stereocenters.